The van der Waals surface area contributed by atoms with E-state index in [1.54, 1.807) is 21.8 Å². The molecule has 0 saturated heterocycles. The van der Waals surface area contributed by atoms with Gasteiger partial charge in [0.25, 0.3) is 0 Å². The zero-order chi connectivity index (χ0) is 13.2. The van der Waals surface area contributed by atoms with Crippen LogP contribution >= 0.6 is 0 Å². The number of fused-ring (bicyclic) bond motifs is 1. The summed E-state index contributed by atoms with van der Waals surface area (Å²) in [6, 6.07) is 14.6. The number of ether oxygens (including phenoxy) is 1. The van der Waals surface area contributed by atoms with Crippen molar-refractivity contribution in [3.05, 3.63) is 58.9 Å². The van der Waals surface area contributed by atoms with E-state index < -0.39 is 0 Å². The van der Waals surface area contributed by atoms with Crippen LogP contribution in [0.3, 0.4) is 0 Å². The predicted molar refractivity (Wildman–Crippen MR) is 73.2 cm³/mol. The van der Waals surface area contributed by atoms with Crippen LogP contribution in [0.1, 0.15) is 0 Å². The Morgan fingerprint density at radius 1 is 1.05 bits per heavy atom. The molecule has 0 aliphatic carbocycles. The average molecular weight is 318 g/mol. The summed E-state index contributed by atoms with van der Waals surface area (Å²) in [5.74, 6) is 0.403. The molecule has 0 unspecified atom stereocenters. The van der Waals surface area contributed by atoms with Crippen molar-refractivity contribution in [2.45, 2.75) is 0 Å². The average Bonchev–Trinajstić information content (AvgIpc) is 2.78. The normalized spacial score (nSPS) is 10.5. The first-order valence-corrected chi connectivity index (χ1v) is 7.24. The molecule has 5 heteroatoms. The van der Waals surface area contributed by atoms with Crippen LogP contribution in [-0.4, -0.2) is 24.8 Å². The zero-order valence-electron chi connectivity index (χ0n) is 9.78. The van der Waals surface area contributed by atoms with Crippen LogP contribution in [0.2, 0.25) is 0 Å². The molecule has 0 aliphatic rings. The Labute approximate surface area is 114 Å². The third-order valence-electron chi connectivity index (χ3n) is 2.75. The van der Waals surface area contributed by atoms with Gasteiger partial charge >= 0.3 is 114 Å². The van der Waals surface area contributed by atoms with Gasteiger partial charge in [-0.15, -0.1) is 0 Å². The van der Waals surface area contributed by atoms with Crippen molar-refractivity contribution in [3.8, 4) is 11.4 Å². The maximum absolute atomic E-state index is 12.4. The van der Waals surface area contributed by atoms with Crippen LogP contribution in [0.25, 0.3) is 15.3 Å². The van der Waals surface area contributed by atoms with Crippen molar-refractivity contribution in [1.29, 1.82) is 0 Å². The van der Waals surface area contributed by atoms with Crippen LogP contribution in [-0.2, 0) is 4.79 Å². The van der Waals surface area contributed by atoms with E-state index in [4.69, 9.17) is 4.74 Å². The topological polar surface area (TPSA) is 48.3 Å². The van der Waals surface area contributed by atoms with Gasteiger partial charge in [-0.25, -0.2) is 0 Å². The summed E-state index contributed by atoms with van der Waals surface area (Å²) >= 11 is -0.129. The van der Waals surface area contributed by atoms with Crippen molar-refractivity contribution in [1.82, 2.24) is 3.56 Å². The van der Waals surface area contributed by atoms with Gasteiger partial charge in [0, 0.05) is 0 Å². The molecule has 0 radical (unpaired) electrons. The molecule has 3 rings (SSSR count). The van der Waals surface area contributed by atoms with E-state index in [0.29, 0.717) is 17.9 Å². The van der Waals surface area contributed by atoms with Gasteiger partial charge in [-0.3, -0.25) is 0 Å². The fraction of sp³-hybridized carbons (Fsp3) is 0. The number of rotatable bonds is 3. The molecule has 0 amide bonds. The molecule has 19 heavy (non-hydrogen) atoms. The molecule has 0 fully saturated rings. The first-order chi connectivity index (χ1) is 9.31. The Morgan fingerprint density at radius 2 is 1.79 bits per heavy atom. The third-order valence-corrected chi connectivity index (χ3v) is 5.05. The number of hydrogen-bond acceptors (Lipinski definition) is 3. The molecule has 0 saturated carbocycles. The summed E-state index contributed by atoms with van der Waals surface area (Å²) in [5, 5.41) is 0.725. The first kappa shape index (κ1) is 12.0. The summed E-state index contributed by atoms with van der Waals surface area (Å²) in [4.78, 5) is 22.9. The second kappa shape index (κ2) is 4.88. The molecule has 0 aliphatic heterocycles. The number of aromatic nitrogens is 1. The summed E-state index contributed by atoms with van der Waals surface area (Å²) in [6.07, 6.45) is 0. The van der Waals surface area contributed by atoms with E-state index in [1.807, 2.05) is 30.3 Å². The van der Waals surface area contributed by atoms with Gasteiger partial charge in [-0.1, -0.05) is 0 Å². The Kier molecular flexibility index (Phi) is 3.07. The summed E-state index contributed by atoms with van der Waals surface area (Å²) in [6.45, 7) is 0.375. The molecule has 1 heterocycles. The number of carbonyl (C=O) groups is 1. The van der Waals surface area contributed by atoms with Gasteiger partial charge in [0.2, 0.25) is 0 Å². The van der Waals surface area contributed by atoms with Crippen LogP contribution in [0.4, 0.5) is 0 Å². The number of carbonyl (C=O) groups excluding carboxylic acids is 1. The molecule has 0 spiro atoms. The van der Waals surface area contributed by atoms with Gasteiger partial charge in [0.15, 0.2) is 0 Å². The van der Waals surface area contributed by atoms with E-state index in [2.05, 4.69) is 0 Å². The van der Waals surface area contributed by atoms with Crippen molar-refractivity contribution in [2.24, 2.45) is 0 Å². The SMILES string of the molecule is O=COc1ccccc1-n1[se]c2ccccc2c1=O. The molecule has 4 nitrogen and oxygen atoms in total. The van der Waals surface area contributed by atoms with Gasteiger partial charge in [0.05, 0.1) is 0 Å². The van der Waals surface area contributed by atoms with Crippen LogP contribution in [0.5, 0.6) is 5.75 Å². The van der Waals surface area contributed by atoms with E-state index in [9.17, 15) is 9.59 Å². The number of para-hydroxylation sites is 2. The van der Waals surface area contributed by atoms with Crippen molar-refractivity contribution < 1.29 is 9.53 Å². The summed E-state index contributed by atoms with van der Waals surface area (Å²) in [5.41, 5.74) is 0.591. The van der Waals surface area contributed by atoms with Gasteiger partial charge in [-0.2, -0.15) is 0 Å². The molecular weight excluding hydrogens is 309 g/mol. The van der Waals surface area contributed by atoms with Crippen molar-refractivity contribution >= 4 is 30.9 Å². The fourth-order valence-electron chi connectivity index (χ4n) is 1.91. The van der Waals surface area contributed by atoms with Crippen molar-refractivity contribution in [3.63, 3.8) is 0 Å². The molecule has 2 aromatic carbocycles. The number of nitrogens with zero attached hydrogens (tertiary/aromatic N) is 1. The zero-order valence-corrected chi connectivity index (χ0v) is 11.5. The Hall–Kier alpha value is -2.10. The molecule has 0 N–H and O–H groups in total. The first-order valence-electron chi connectivity index (χ1n) is 5.62. The molecular formula is C14H9NO3Se. The Balaban J connectivity index is 2.28. The van der Waals surface area contributed by atoms with E-state index in [0.717, 1.165) is 9.65 Å². The summed E-state index contributed by atoms with van der Waals surface area (Å²) in [7, 11) is 0. The quantitative estimate of drug-likeness (QED) is 0.544. The Morgan fingerprint density at radius 3 is 2.58 bits per heavy atom. The third kappa shape index (κ3) is 2.03. The van der Waals surface area contributed by atoms with E-state index in [-0.39, 0.29) is 20.3 Å². The Bertz CT molecular complexity index is 804. The second-order valence-electron chi connectivity index (χ2n) is 3.87. The molecule has 0 atom stereocenters. The molecule has 1 aromatic heterocycles. The van der Waals surface area contributed by atoms with E-state index in [1.165, 1.54) is 0 Å². The van der Waals surface area contributed by atoms with Gasteiger partial charge in [-0.05, 0) is 0 Å². The summed E-state index contributed by atoms with van der Waals surface area (Å²) < 4.78 is 7.65. The van der Waals surface area contributed by atoms with Gasteiger partial charge in [0.1, 0.15) is 0 Å². The monoisotopic (exact) mass is 319 g/mol. The van der Waals surface area contributed by atoms with E-state index >= 15 is 0 Å². The number of benzene rings is 2. The molecule has 0 bridgehead atoms. The standard InChI is InChI=1S/C14H9NO3Se/c16-9-18-12-7-3-2-6-11(12)15-14(17)10-5-1-4-8-13(10)19-15/h1-9H. The van der Waals surface area contributed by atoms with Crippen molar-refractivity contribution in [2.75, 3.05) is 0 Å². The molecule has 3 aromatic rings. The maximum atomic E-state index is 12.4. The minimum atomic E-state index is -0.129. The van der Waals surface area contributed by atoms with Crippen LogP contribution in [0.15, 0.2) is 53.3 Å². The second-order valence-corrected chi connectivity index (χ2v) is 5.94. The van der Waals surface area contributed by atoms with Gasteiger partial charge < -0.3 is 0 Å². The number of hydrogen-bond donors (Lipinski definition) is 0. The minimum absolute atomic E-state index is 0.0439. The fourth-order valence-corrected chi connectivity index (χ4v) is 4.05. The van der Waals surface area contributed by atoms with Crippen LogP contribution in [0, 0.1) is 0 Å². The van der Waals surface area contributed by atoms with Crippen LogP contribution < -0.4 is 10.3 Å². The predicted octanol–water partition coefficient (Wildman–Crippen LogP) is 1.58. The molecule has 94 valence electrons.